The number of hydrogen-bond acceptors (Lipinski definition) is 7. The van der Waals surface area contributed by atoms with Crippen LogP contribution in [0, 0.1) is 0 Å². The zero-order chi connectivity index (χ0) is 15.9. The van der Waals surface area contributed by atoms with Crippen LogP contribution in [0.4, 0.5) is 5.95 Å². The van der Waals surface area contributed by atoms with Crippen LogP contribution in [0.5, 0.6) is 5.75 Å². The van der Waals surface area contributed by atoms with Gasteiger partial charge in [-0.15, -0.1) is 0 Å². The summed E-state index contributed by atoms with van der Waals surface area (Å²) in [6.45, 7) is 3.28. The minimum Gasteiger partial charge on any atom is -0.495 e. The van der Waals surface area contributed by atoms with E-state index in [-0.39, 0.29) is 5.95 Å². The highest BCUT2D eigenvalue weighted by Gasteiger charge is 2.25. The summed E-state index contributed by atoms with van der Waals surface area (Å²) in [5.74, 6) is 0.642. The zero-order valence-corrected chi connectivity index (χ0v) is 12.5. The first-order chi connectivity index (χ1) is 10.4. The Morgan fingerprint density at radius 2 is 2.09 bits per heavy atom. The van der Waals surface area contributed by atoms with Crippen molar-refractivity contribution in [1.29, 1.82) is 0 Å². The Kier molecular flexibility index (Phi) is 3.18. The Bertz CT molecular complexity index is 837. The second kappa shape index (κ2) is 4.92. The van der Waals surface area contributed by atoms with Gasteiger partial charge in [-0.05, 0) is 19.9 Å². The molecule has 0 amide bonds. The molecule has 0 saturated heterocycles. The van der Waals surface area contributed by atoms with Gasteiger partial charge in [-0.25, -0.2) is 19.5 Å². The maximum atomic E-state index is 10.3. The molecular weight excluding hydrogens is 284 g/mol. The lowest BCUT2D eigenvalue weighted by molar-refractivity contribution is 0.0694. The van der Waals surface area contributed by atoms with Crippen LogP contribution in [0.15, 0.2) is 24.5 Å². The van der Waals surface area contributed by atoms with Gasteiger partial charge in [-0.2, -0.15) is 5.10 Å². The number of imidazole rings is 1. The SMILES string of the molecule is COc1cc2ncc(-c3ccnc(N)n3)n2nc1C(C)(C)O. The first-order valence-electron chi connectivity index (χ1n) is 6.64. The van der Waals surface area contributed by atoms with Gasteiger partial charge in [0.15, 0.2) is 5.65 Å². The molecule has 0 bridgehead atoms. The third-order valence-electron chi connectivity index (χ3n) is 3.19. The van der Waals surface area contributed by atoms with Gasteiger partial charge in [-0.1, -0.05) is 0 Å². The summed E-state index contributed by atoms with van der Waals surface area (Å²) < 4.78 is 6.89. The fourth-order valence-corrected chi connectivity index (χ4v) is 2.17. The van der Waals surface area contributed by atoms with Crippen molar-refractivity contribution in [3.63, 3.8) is 0 Å². The van der Waals surface area contributed by atoms with E-state index in [1.165, 1.54) is 7.11 Å². The van der Waals surface area contributed by atoms with Gasteiger partial charge in [0.2, 0.25) is 5.95 Å². The molecule has 22 heavy (non-hydrogen) atoms. The summed E-state index contributed by atoms with van der Waals surface area (Å²) in [6.07, 6.45) is 3.20. The molecule has 114 valence electrons. The molecule has 0 unspecified atom stereocenters. The van der Waals surface area contributed by atoms with Crippen LogP contribution in [0.25, 0.3) is 17.0 Å². The molecule has 3 rings (SSSR count). The maximum Gasteiger partial charge on any atom is 0.220 e. The number of aliphatic hydroxyl groups is 1. The summed E-state index contributed by atoms with van der Waals surface area (Å²) in [6, 6.07) is 3.43. The topological polar surface area (TPSA) is 111 Å². The molecule has 0 aliphatic rings. The Balaban J connectivity index is 2.26. The van der Waals surface area contributed by atoms with E-state index in [1.807, 2.05) is 0 Å². The third kappa shape index (κ3) is 2.33. The predicted molar refractivity (Wildman–Crippen MR) is 80.2 cm³/mol. The Hall–Kier alpha value is -2.74. The lowest BCUT2D eigenvalue weighted by Crippen LogP contribution is -2.20. The molecule has 0 aromatic carbocycles. The highest BCUT2D eigenvalue weighted by atomic mass is 16.5. The van der Waals surface area contributed by atoms with E-state index in [2.05, 4.69) is 20.1 Å². The molecule has 3 heterocycles. The lowest BCUT2D eigenvalue weighted by Gasteiger charge is -2.19. The Labute approximate surface area is 126 Å². The van der Waals surface area contributed by atoms with E-state index in [0.29, 0.717) is 28.5 Å². The van der Waals surface area contributed by atoms with Crippen LogP contribution >= 0.6 is 0 Å². The minimum atomic E-state index is -1.16. The number of rotatable bonds is 3. The average Bonchev–Trinajstić information content (AvgIpc) is 2.87. The molecule has 0 aliphatic carbocycles. The van der Waals surface area contributed by atoms with Crippen molar-refractivity contribution >= 4 is 11.6 Å². The van der Waals surface area contributed by atoms with Gasteiger partial charge in [0, 0.05) is 12.3 Å². The van der Waals surface area contributed by atoms with Crippen LogP contribution < -0.4 is 10.5 Å². The van der Waals surface area contributed by atoms with E-state index >= 15 is 0 Å². The number of ether oxygens (including phenoxy) is 1. The quantitative estimate of drug-likeness (QED) is 0.742. The fourth-order valence-electron chi connectivity index (χ4n) is 2.17. The molecule has 3 aromatic heterocycles. The number of methoxy groups -OCH3 is 1. The molecule has 0 fully saturated rings. The summed E-state index contributed by atoms with van der Waals surface area (Å²) in [7, 11) is 1.53. The normalized spacial score (nSPS) is 11.8. The minimum absolute atomic E-state index is 0.170. The molecule has 3 aromatic rings. The van der Waals surface area contributed by atoms with Crippen LogP contribution in [0.1, 0.15) is 19.5 Å². The van der Waals surface area contributed by atoms with E-state index in [4.69, 9.17) is 10.5 Å². The van der Waals surface area contributed by atoms with Gasteiger partial charge in [-0.3, -0.25) is 0 Å². The smallest absolute Gasteiger partial charge is 0.220 e. The molecule has 0 radical (unpaired) electrons. The van der Waals surface area contributed by atoms with Crippen molar-refractivity contribution in [2.45, 2.75) is 19.4 Å². The van der Waals surface area contributed by atoms with Crippen LogP contribution in [-0.4, -0.2) is 36.8 Å². The highest BCUT2D eigenvalue weighted by Crippen LogP contribution is 2.29. The Morgan fingerprint density at radius 1 is 1.32 bits per heavy atom. The molecule has 0 aliphatic heterocycles. The molecular formula is C14H16N6O2. The van der Waals surface area contributed by atoms with E-state index < -0.39 is 5.60 Å². The number of anilines is 1. The number of hydrogen-bond donors (Lipinski definition) is 2. The average molecular weight is 300 g/mol. The molecule has 0 atom stereocenters. The van der Waals surface area contributed by atoms with E-state index in [1.54, 1.807) is 42.9 Å². The summed E-state index contributed by atoms with van der Waals surface area (Å²) in [4.78, 5) is 12.3. The van der Waals surface area contributed by atoms with Gasteiger partial charge in [0.05, 0.1) is 19.0 Å². The van der Waals surface area contributed by atoms with Crippen molar-refractivity contribution in [2.24, 2.45) is 0 Å². The van der Waals surface area contributed by atoms with Gasteiger partial charge in [0.1, 0.15) is 22.7 Å². The van der Waals surface area contributed by atoms with Crippen molar-refractivity contribution in [1.82, 2.24) is 24.6 Å². The first-order valence-corrected chi connectivity index (χ1v) is 6.64. The highest BCUT2D eigenvalue weighted by molar-refractivity contribution is 5.61. The molecule has 0 spiro atoms. The van der Waals surface area contributed by atoms with Crippen LogP contribution in [0.2, 0.25) is 0 Å². The largest absolute Gasteiger partial charge is 0.495 e. The number of aromatic nitrogens is 5. The summed E-state index contributed by atoms with van der Waals surface area (Å²) >= 11 is 0. The number of nitrogens with zero attached hydrogens (tertiary/aromatic N) is 5. The van der Waals surface area contributed by atoms with Crippen molar-refractivity contribution in [3.05, 3.63) is 30.2 Å². The van der Waals surface area contributed by atoms with Crippen molar-refractivity contribution in [2.75, 3.05) is 12.8 Å². The number of nitrogens with two attached hydrogens (primary N) is 1. The van der Waals surface area contributed by atoms with Crippen LogP contribution in [0.3, 0.4) is 0 Å². The number of nitrogen functional groups attached to an aromatic ring is 1. The van der Waals surface area contributed by atoms with E-state index in [0.717, 1.165) is 0 Å². The first kappa shape index (κ1) is 14.2. The maximum absolute atomic E-state index is 10.3. The molecule has 8 heteroatoms. The number of fused-ring (bicyclic) bond motifs is 1. The second-order valence-corrected chi connectivity index (χ2v) is 5.33. The monoisotopic (exact) mass is 300 g/mol. The summed E-state index contributed by atoms with van der Waals surface area (Å²) in [5.41, 5.74) is 6.69. The van der Waals surface area contributed by atoms with E-state index in [9.17, 15) is 5.11 Å². The van der Waals surface area contributed by atoms with Crippen molar-refractivity contribution in [3.8, 4) is 17.1 Å². The predicted octanol–water partition coefficient (Wildman–Crippen LogP) is 1.00. The molecule has 3 N–H and O–H groups in total. The van der Waals surface area contributed by atoms with Crippen LogP contribution in [-0.2, 0) is 5.60 Å². The summed E-state index contributed by atoms with van der Waals surface area (Å²) in [5, 5.41) is 14.7. The van der Waals surface area contributed by atoms with Crippen molar-refractivity contribution < 1.29 is 9.84 Å². The Morgan fingerprint density at radius 3 is 2.73 bits per heavy atom. The fraction of sp³-hybridized carbons (Fsp3) is 0.286. The lowest BCUT2D eigenvalue weighted by atomic mass is 10.0. The van der Waals surface area contributed by atoms with Gasteiger partial charge < -0.3 is 15.6 Å². The molecule has 0 saturated carbocycles. The third-order valence-corrected chi connectivity index (χ3v) is 3.19. The molecule has 8 nitrogen and oxygen atoms in total. The standard InChI is InChI=1S/C14H16N6O2/c1-14(2,21)12-10(22-3)6-11-17-7-9(20(11)19-12)8-4-5-16-13(15)18-8/h4-7,21H,1-3H3,(H2,15,16,18). The second-order valence-electron chi connectivity index (χ2n) is 5.33. The zero-order valence-electron chi connectivity index (χ0n) is 12.5. The van der Waals surface area contributed by atoms with Gasteiger partial charge in [0.25, 0.3) is 0 Å². The van der Waals surface area contributed by atoms with Gasteiger partial charge >= 0.3 is 0 Å².